The van der Waals surface area contributed by atoms with E-state index in [0.717, 1.165) is 39.1 Å². The fourth-order valence-corrected chi connectivity index (χ4v) is 2.14. The molecule has 0 aromatic heterocycles. The van der Waals surface area contributed by atoms with E-state index in [1.807, 2.05) is 0 Å². The topological polar surface area (TPSA) is 30.5 Å². The molecule has 0 aromatic carbocycles. The number of ether oxygens (including phenoxy) is 2. The van der Waals surface area contributed by atoms with Crippen LogP contribution in [0.25, 0.3) is 0 Å². The van der Waals surface area contributed by atoms with Crippen molar-refractivity contribution in [2.45, 2.75) is 44.3 Å². The van der Waals surface area contributed by atoms with Crippen LogP contribution in [-0.2, 0) is 9.47 Å². The van der Waals surface area contributed by atoms with Gasteiger partial charge >= 0.3 is 0 Å². The minimum absolute atomic E-state index is 0.374. The largest absolute Gasteiger partial charge is 0.376 e. The second-order valence-electron chi connectivity index (χ2n) is 4.27. The number of hydrogen-bond donors (Lipinski definition) is 1. The lowest BCUT2D eigenvalue weighted by molar-refractivity contribution is -0.0683. The van der Waals surface area contributed by atoms with Crippen LogP contribution in [-0.4, -0.2) is 38.5 Å². The van der Waals surface area contributed by atoms with E-state index in [4.69, 9.17) is 9.47 Å². The molecule has 0 bridgehead atoms. The van der Waals surface area contributed by atoms with Gasteiger partial charge in [0.2, 0.25) is 0 Å². The zero-order valence-electron chi connectivity index (χ0n) is 8.84. The zero-order chi connectivity index (χ0) is 9.64. The molecule has 0 radical (unpaired) electrons. The third-order valence-electron chi connectivity index (χ3n) is 3.08. The summed E-state index contributed by atoms with van der Waals surface area (Å²) in [5.41, 5.74) is 0. The normalized spacial score (nSPS) is 30.4. The molecule has 14 heavy (non-hydrogen) atoms. The highest BCUT2D eigenvalue weighted by Gasteiger charge is 2.18. The van der Waals surface area contributed by atoms with Gasteiger partial charge in [-0.15, -0.1) is 0 Å². The molecule has 2 aliphatic rings. The van der Waals surface area contributed by atoms with Crippen LogP contribution < -0.4 is 5.32 Å². The van der Waals surface area contributed by atoms with Crippen molar-refractivity contribution in [2.24, 2.45) is 0 Å². The molecule has 0 aliphatic carbocycles. The van der Waals surface area contributed by atoms with E-state index in [1.54, 1.807) is 0 Å². The number of nitrogens with one attached hydrogen (secondary N) is 1. The van der Waals surface area contributed by atoms with Gasteiger partial charge < -0.3 is 14.8 Å². The third-order valence-corrected chi connectivity index (χ3v) is 3.08. The summed E-state index contributed by atoms with van der Waals surface area (Å²) < 4.78 is 11.5. The summed E-state index contributed by atoms with van der Waals surface area (Å²) in [4.78, 5) is 0. The van der Waals surface area contributed by atoms with Crippen molar-refractivity contribution in [3.63, 3.8) is 0 Å². The van der Waals surface area contributed by atoms with E-state index >= 15 is 0 Å². The maximum atomic E-state index is 5.86. The smallest absolute Gasteiger partial charge is 0.0808 e. The van der Waals surface area contributed by atoms with Crippen LogP contribution in [0.2, 0.25) is 0 Å². The quantitative estimate of drug-likeness (QED) is 0.743. The van der Waals surface area contributed by atoms with E-state index in [9.17, 15) is 0 Å². The van der Waals surface area contributed by atoms with Crippen LogP contribution in [0.15, 0.2) is 0 Å². The van der Waals surface area contributed by atoms with Gasteiger partial charge in [-0.1, -0.05) is 0 Å². The Bertz CT molecular complexity index is 133. The summed E-state index contributed by atoms with van der Waals surface area (Å²) >= 11 is 0. The van der Waals surface area contributed by atoms with Crippen molar-refractivity contribution in [3.05, 3.63) is 0 Å². The highest BCUT2D eigenvalue weighted by molar-refractivity contribution is 4.70. The maximum absolute atomic E-state index is 5.86. The lowest BCUT2D eigenvalue weighted by Crippen LogP contribution is -2.35. The summed E-state index contributed by atoms with van der Waals surface area (Å²) in [6.07, 6.45) is 6.88. The average Bonchev–Trinajstić information content (AvgIpc) is 2.29. The molecular weight excluding hydrogens is 178 g/mol. The van der Waals surface area contributed by atoms with Crippen LogP contribution in [0.3, 0.4) is 0 Å². The molecule has 2 heterocycles. The molecule has 1 atom stereocenters. The predicted molar refractivity (Wildman–Crippen MR) is 55.4 cm³/mol. The summed E-state index contributed by atoms with van der Waals surface area (Å²) in [5, 5.41) is 3.34. The van der Waals surface area contributed by atoms with E-state index in [2.05, 4.69) is 5.32 Å². The summed E-state index contributed by atoms with van der Waals surface area (Å²) in [7, 11) is 0. The Morgan fingerprint density at radius 2 is 2.00 bits per heavy atom. The van der Waals surface area contributed by atoms with Gasteiger partial charge in [-0.3, -0.25) is 0 Å². The molecule has 0 unspecified atom stereocenters. The standard InChI is InChI=1S/C11H21NO2/c1-2-8-13-11(3-1)9-14-10-4-6-12-7-5-10/h10-12H,1-9H2/t11-/m0/s1. The van der Waals surface area contributed by atoms with Crippen molar-refractivity contribution >= 4 is 0 Å². The van der Waals surface area contributed by atoms with E-state index in [1.165, 1.54) is 19.3 Å². The second kappa shape index (κ2) is 5.69. The molecule has 3 heteroatoms. The molecule has 2 fully saturated rings. The maximum Gasteiger partial charge on any atom is 0.0808 e. The first kappa shape index (κ1) is 10.4. The number of rotatable bonds is 3. The molecule has 0 amide bonds. The molecule has 1 N–H and O–H groups in total. The Morgan fingerprint density at radius 3 is 2.71 bits per heavy atom. The van der Waals surface area contributed by atoms with Gasteiger partial charge in [0.1, 0.15) is 0 Å². The van der Waals surface area contributed by atoms with Crippen molar-refractivity contribution < 1.29 is 9.47 Å². The van der Waals surface area contributed by atoms with Crippen LogP contribution in [0.4, 0.5) is 0 Å². The Kier molecular flexibility index (Phi) is 4.22. The van der Waals surface area contributed by atoms with Gasteiger partial charge in [0.25, 0.3) is 0 Å². The fourth-order valence-electron chi connectivity index (χ4n) is 2.14. The first-order valence-corrected chi connectivity index (χ1v) is 5.89. The van der Waals surface area contributed by atoms with Gasteiger partial charge in [0.15, 0.2) is 0 Å². The monoisotopic (exact) mass is 199 g/mol. The summed E-state index contributed by atoms with van der Waals surface area (Å²) in [5.74, 6) is 0. The minimum atomic E-state index is 0.374. The Balaban J connectivity index is 1.60. The third kappa shape index (κ3) is 3.23. The zero-order valence-corrected chi connectivity index (χ0v) is 8.84. The molecule has 2 rings (SSSR count). The van der Waals surface area contributed by atoms with Crippen LogP contribution in [0, 0.1) is 0 Å². The molecule has 2 saturated heterocycles. The Hall–Kier alpha value is -0.120. The highest BCUT2D eigenvalue weighted by atomic mass is 16.5. The highest BCUT2D eigenvalue weighted by Crippen LogP contribution is 2.15. The predicted octanol–water partition coefficient (Wildman–Crippen LogP) is 1.32. The van der Waals surface area contributed by atoms with E-state index in [0.29, 0.717) is 12.2 Å². The second-order valence-corrected chi connectivity index (χ2v) is 4.27. The van der Waals surface area contributed by atoms with Crippen molar-refractivity contribution in [3.8, 4) is 0 Å². The van der Waals surface area contributed by atoms with Gasteiger partial charge in [-0.05, 0) is 45.2 Å². The molecule has 3 nitrogen and oxygen atoms in total. The first-order chi connectivity index (χ1) is 6.95. The lowest BCUT2D eigenvalue weighted by atomic mass is 10.1. The van der Waals surface area contributed by atoms with Crippen molar-refractivity contribution in [1.82, 2.24) is 5.32 Å². The molecule has 82 valence electrons. The lowest BCUT2D eigenvalue weighted by Gasteiger charge is -2.27. The van der Waals surface area contributed by atoms with E-state index < -0.39 is 0 Å². The van der Waals surface area contributed by atoms with Crippen molar-refractivity contribution in [2.75, 3.05) is 26.3 Å². The SMILES string of the molecule is C1CC[C@@H](COC2CCNCC2)OC1. The number of hydrogen-bond acceptors (Lipinski definition) is 3. The minimum Gasteiger partial charge on any atom is -0.376 e. The molecule has 0 saturated carbocycles. The van der Waals surface area contributed by atoms with Crippen LogP contribution >= 0.6 is 0 Å². The van der Waals surface area contributed by atoms with Crippen molar-refractivity contribution in [1.29, 1.82) is 0 Å². The fraction of sp³-hybridized carbons (Fsp3) is 1.00. The van der Waals surface area contributed by atoms with Gasteiger partial charge in [-0.2, -0.15) is 0 Å². The van der Waals surface area contributed by atoms with Gasteiger partial charge in [-0.25, -0.2) is 0 Å². The first-order valence-electron chi connectivity index (χ1n) is 5.89. The summed E-state index contributed by atoms with van der Waals surface area (Å²) in [6.45, 7) is 3.96. The molecule has 2 aliphatic heterocycles. The van der Waals surface area contributed by atoms with Crippen LogP contribution in [0.5, 0.6) is 0 Å². The molecule has 0 spiro atoms. The molecule has 0 aromatic rings. The van der Waals surface area contributed by atoms with Crippen LogP contribution in [0.1, 0.15) is 32.1 Å². The molecular formula is C11H21NO2. The summed E-state index contributed by atoms with van der Waals surface area (Å²) in [6, 6.07) is 0. The van der Waals surface area contributed by atoms with E-state index in [-0.39, 0.29) is 0 Å². The average molecular weight is 199 g/mol. The van der Waals surface area contributed by atoms with Gasteiger partial charge in [0, 0.05) is 6.61 Å². The number of piperidine rings is 1. The Morgan fingerprint density at radius 1 is 1.14 bits per heavy atom. The van der Waals surface area contributed by atoms with Gasteiger partial charge in [0.05, 0.1) is 18.8 Å². The Labute approximate surface area is 86.2 Å².